The molecule has 0 heterocycles. The van der Waals surface area contributed by atoms with Crippen LogP contribution in [0.1, 0.15) is 73.7 Å². The highest BCUT2D eigenvalue weighted by atomic mass is 16.1. The molecule has 2 saturated carbocycles. The van der Waals surface area contributed by atoms with Crippen LogP contribution in [-0.4, -0.2) is 6.29 Å². The van der Waals surface area contributed by atoms with Gasteiger partial charge >= 0.3 is 0 Å². The van der Waals surface area contributed by atoms with E-state index in [2.05, 4.69) is 19.1 Å². The summed E-state index contributed by atoms with van der Waals surface area (Å²) in [5.74, 6) is 1.49. The summed E-state index contributed by atoms with van der Waals surface area (Å²) < 4.78 is 0. The first-order chi connectivity index (χ1) is 9.22. The zero-order chi connectivity index (χ0) is 13.3. The fraction of sp³-hybridized carbons (Fsp3) is 0.611. The third kappa shape index (κ3) is 2.48. The lowest BCUT2D eigenvalue weighted by Crippen LogP contribution is -2.13. The molecule has 19 heavy (non-hydrogen) atoms. The molecule has 1 spiro atoms. The van der Waals surface area contributed by atoms with Crippen LogP contribution in [-0.2, 0) is 0 Å². The minimum absolute atomic E-state index is 0.640. The summed E-state index contributed by atoms with van der Waals surface area (Å²) in [6.07, 6.45) is 11.1. The van der Waals surface area contributed by atoms with Crippen LogP contribution < -0.4 is 0 Å². The van der Waals surface area contributed by atoms with E-state index in [0.29, 0.717) is 11.3 Å². The van der Waals surface area contributed by atoms with Crippen LogP contribution in [0.3, 0.4) is 0 Å². The predicted octanol–water partition coefficient (Wildman–Crippen LogP) is 4.96. The molecule has 0 aromatic heterocycles. The summed E-state index contributed by atoms with van der Waals surface area (Å²) >= 11 is 0. The number of rotatable bonds is 3. The van der Waals surface area contributed by atoms with Gasteiger partial charge in [0.25, 0.3) is 0 Å². The molecule has 2 unspecified atom stereocenters. The summed E-state index contributed by atoms with van der Waals surface area (Å²) in [4.78, 5) is 10.7. The normalized spacial score (nSPS) is 26.7. The molecule has 1 nitrogen and oxygen atoms in total. The second kappa shape index (κ2) is 5.11. The number of aldehydes is 1. The Balaban J connectivity index is 1.70. The van der Waals surface area contributed by atoms with Crippen molar-refractivity contribution < 1.29 is 4.79 Å². The van der Waals surface area contributed by atoms with Crippen LogP contribution in [0.15, 0.2) is 24.3 Å². The van der Waals surface area contributed by atoms with Crippen molar-refractivity contribution in [3.8, 4) is 0 Å². The fourth-order valence-corrected chi connectivity index (χ4v) is 4.41. The van der Waals surface area contributed by atoms with Gasteiger partial charge in [0.15, 0.2) is 0 Å². The Morgan fingerprint density at radius 3 is 2.47 bits per heavy atom. The van der Waals surface area contributed by atoms with E-state index in [-0.39, 0.29) is 0 Å². The van der Waals surface area contributed by atoms with Crippen molar-refractivity contribution in [3.63, 3.8) is 0 Å². The molecule has 1 aromatic carbocycles. The van der Waals surface area contributed by atoms with Crippen LogP contribution in [0.4, 0.5) is 0 Å². The van der Waals surface area contributed by atoms with Crippen LogP contribution in [0, 0.1) is 11.3 Å². The summed E-state index contributed by atoms with van der Waals surface area (Å²) in [6, 6.07) is 8.21. The predicted molar refractivity (Wildman–Crippen MR) is 78.5 cm³/mol. The standard InChI is InChI=1S/C18H24O/c1-14(16-6-4-15(13-19)5-7-16)17-8-11-18(12-17)9-2-3-10-18/h4-7,13-14,17H,2-3,8-12H2,1H3. The lowest BCUT2D eigenvalue weighted by molar-refractivity contribution is 0.112. The molecule has 0 saturated heterocycles. The van der Waals surface area contributed by atoms with Gasteiger partial charge in [-0.05, 0) is 54.9 Å². The lowest BCUT2D eigenvalue weighted by Gasteiger charge is -2.25. The zero-order valence-corrected chi connectivity index (χ0v) is 11.9. The Morgan fingerprint density at radius 2 is 1.84 bits per heavy atom. The van der Waals surface area contributed by atoms with Crippen LogP contribution >= 0.6 is 0 Å². The summed E-state index contributed by atoms with van der Waals surface area (Å²) in [5, 5.41) is 0. The maximum Gasteiger partial charge on any atom is 0.150 e. The fourth-order valence-electron chi connectivity index (χ4n) is 4.41. The molecule has 2 fully saturated rings. The second-order valence-corrected chi connectivity index (χ2v) is 6.78. The Hall–Kier alpha value is -1.11. The molecule has 0 aliphatic heterocycles. The smallest absolute Gasteiger partial charge is 0.150 e. The first-order valence-corrected chi connectivity index (χ1v) is 7.78. The number of carbonyl (C=O) groups is 1. The van der Waals surface area contributed by atoms with Crippen molar-refractivity contribution in [1.82, 2.24) is 0 Å². The maximum absolute atomic E-state index is 10.7. The van der Waals surface area contributed by atoms with Crippen molar-refractivity contribution in [2.75, 3.05) is 0 Å². The first-order valence-electron chi connectivity index (χ1n) is 7.78. The van der Waals surface area contributed by atoms with Gasteiger partial charge in [-0.2, -0.15) is 0 Å². The van der Waals surface area contributed by atoms with E-state index in [1.54, 1.807) is 0 Å². The topological polar surface area (TPSA) is 17.1 Å². The molecule has 2 aliphatic rings. The molecule has 2 aliphatic carbocycles. The highest BCUT2D eigenvalue weighted by Gasteiger charge is 2.42. The molecule has 0 radical (unpaired) electrons. The van der Waals surface area contributed by atoms with Crippen LogP contribution in [0.25, 0.3) is 0 Å². The van der Waals surface area contributed by atoms with Gasteiger partial charge in [-0.25, -0.2) is 0 Å². The number of benzene rings is 1. The van der Waals surface area contributed by atoms with Gasteiger partial charge in [-0.3, -0.25) is 4.79 Å². The number of hydrogen-bond donors (Lipinski definition) is 0. The first kappa shape index (κ1) is 12.9. The average Bonchev–Trinajstić information content (AvgIpc) is 3.09. The van der Waals surface area contributed by atoms with Gasteiger partial charge < -0.3 is 0 Å². The molecular formula is C18H24O. The molecule has 1 aromatic rings. The van der Waals surface area contributed by atoms with Crippen molar-refractivity contribution in [1.29, 1.82) is 0 Å². The van der Waals surface area contributed by atoms with Gasteiger partial charge in [-0.1, -0.05) is 44.0 Å². The monoisotopic (exact) mass is 256 g/mol. The molecule has 0 bridgehead atoms. The Morgan fingerprint density at radius 1 is 1.16 bits per heavy atom. The minimum atomic E-state index is 0.640. The summed E-state index contributed by atoms with van der Waals surface area (Å²) in [6.45, 7) is 2.37. The third-order valence-corrected chi connectivity index (χ3v) is 5.71. The van der Waals surface area contributed by atoms with Gasteiger partial charge in [0, 0.05) is 5.56 Å². The third-order valence-electron chi connectivity index (χ3n) is 5.71. The largest absolute Gasteiger partial charge is 0.298 e. The van der Waals surface area contributed by atoms with E-state index in [0.717, 1.165) is 17.8 Å². The van der Waals surface area contributed by atoms with E-state index in [9.17, 15) is 4.79 Å². The number of carbonyl (C=O) groups excluding carboxylic acids is 1. The number of hydrogen-bond acceptors (Lipinski definition) is 1. The zero-order valence-electron chi connectivity index (χ0n) is 11.9. The van der Waals surface area contributed by atoms with E-state index in [1.165, 1.54) is 50.5 Å². The molecule has 0 N–H and O–H groups in total. The quantitative estimate of drug-likeness (QED) is 0.698. The Labute approximate surface area is 116 Å². The lowest BCUT2D eigenvalue weighted by atomic mass is 9.80. The van der Waals surface area contributed by atoms with Crippen LogP contribution in [0.2, 0.25) is 0 Å². The van der Waals surface area contributed by atoms with Gasteiger partial charge in [-0.15, -0.1) is 0 Å². The second-order valence-electron chi connectivity index (χ2n) is 6.78. The van der Waals surface area contributed by atoms with E-state index < -0.39 is 0 Å². The van der Waals surface area contributed by atoms with Crippen molar-refractivity contribution >= 4 is 6.29 Å². The summed E-state index contributed by atoms with van der Waals surface area (Å²) in [5.41, 5.74) is 2.90. The highest BCUT2D eigenvalue weighted by molar-refractivity contribution is 5.74. The van der Waals surface area contributed by atoms with E-state index in [4.69, 9.17) is 0 Å². The minimum Gasteiger partial charge on any atom is -0.298 e. The maximum atomic E-state index is 10.7. The van der Waals surface area contributed by atoms with Crippen molar-refractivity contribution in [3.05, 3.63) is 35.4 Å². The average molecular weight is 256 g/mol. The molecule has 2 atom stereocenters. The molecule has 3 rings (SSSR count). The van der Waals surface area contributed by atoms with Gasteiger partial charge in [0.05, 0.1) is 0 Å². The van der Waals surface area contributed by atoms with Crippen LogP contribution in [0.5, 0.6) is 0 Å². The van der Waals surface area contributed by atoms with Gasteiger partial charge in [0.2, 0.25) is 0 Å². The SMILES string of the molecule is CC(c1ccc(C=O)cc1)C1CCC2(CCCC2)C1. The molecular weight excluding hydrogens is 232 g/mol. The highest BCUT2D eigenvalue weighted by Crippen LogP contribution is 2.55. The van der Waals surface area contributed by atoms with Gasteiger partial charge in [0.1, 0.15) is 6.29 Å². The Kier molecular flexibility index (Phi) is 3.47. The molecule has 0 amide bonds. The van der Waals surface area contributed by atoms with E-state index >= 15 is 0 Å². The molecule has 1 heteroatoms. The van der Waals surface area contributed by atoms with Crippen molar-refractivity contribution in [2.24, 2.45) is 11.3 Å². The Bertz CT molecular complexity index is 439. The van der Waals surface area contributed by atoms with E-state index in [1.807, 2.05) is 12.1 Å². The summed E-state index contributed by atoms with van der Waals surface area (Å²) in [7, 11) is 0. The molecule has 102 valence electrons. The van der Waals surface area contributed by atoms with Crippen molar-refractivity contribution in [2.45, 2.75) is 57.8 Å².